The van der Waals surface area contributed by atoms with Crippen LogP contribution in [-0.2, 0) is 17.6 Å². The van der Waals surface area contributed by atoms with E-state index in [1.165, 1.54) is 52.6 Å². The molecule has 8 nitrogen and oxygen atoms in total. The average molecular weight is 655 g/mol. The highest BCUT2D eigenvalue weighted by Gasteiger charge is 2.31. The molecule has 1 aliphatic rings. The summed E-state index contributed by atoms with van der Waals surface area (Å²) in [6.07, 6.45) is 0.549. The zero-order valence-electron chi connectivity index (χ0n) is 24.7. The molecule has 0 saturated carbocycles. The Hall–Kier alpha value is -3.81. The van der Waals surface area contributed by atoms with Crippen LogP contribution in [-0.4, -0.2) is 56.3 Å². The molecule has 1 saturated heterocycles. The topological polar surface area (TPSA) is 84.6 Å². The molecule has 13 heteroatoms. The summed E-state index contributed by atoms with van der Waals surface area (Å²) < 4.78 is 42.7. The van der Waals surface area contributed by atoms with Crippen LogP contribution in [0, 0.1) is 0 Å². The molecule has 1 aromatic heterocycles. The van der Waals surface area contributed by atoms with Gasteiger partial charge < -0.3 is 10.1 Å². The molecule has 5 rings (SSSR count). The number of benzene rings is 3. The Morgan fingerprint density at radius 3 is 2.69 bits per heavy atom. The second-order valence-corrected chi connectivity index (χ2v) is 12.1. The third-order valence-electron chi connectivity index (χ3n) is 6.84. The van der Waals surface area contributed by atoms with Gasteiger partial charge in [-0.15, -0.1) is 30.0 Å². The molecular formula is C32H33F3N6O2S2. The van der Waals surface area contributed by atoms with Gasteiger partial charge in [0.25, 0.3) is 0 Å². The summed E-state index contributed by atoms with van der Waals surface area (Å²) in [7, 11) is 0. The minimum Gasteiger partial charge on any atom is -0.406 e. The number of aromatic nitrogens is 3. The number of aryl methyl sites for hydroxylation is 2. The van der Waals surface area contributed by atoms with Crippen molar-refractivity contribution in [2.75, 3.05) is 29.0 Å². The summed E-state index contributed by atoms with van der Waals surface area (Å²) in [5.41, 5.74) is 4.70. The molecule has 45 heavy (non-hydrogen) atoms. The second kappa shape index (κ2) is 15.5. The van der Waals surface area contributed by atoms with E-state index >= 15 is 0 Å². The number of hydrogen-bond donors (Lipinski definition) is 1. The first-order valence-electron chi connectivity index (χ1n) is 14.5. The summed E-state index contributed by atoms with van der Waals surface area (Å²) in [6.45, 7) is 2.98. The zero-order chi connectivity index (χ0) is 31.6. The Kier molecular flexibility index (Phi) is 11.2. The Morgan fingerprint density at radius 2 is 1.89 bits per heavy atom. The lowest BCUT2D eigenvalue weighted by atomic mass is 10.1. The van der Waals surface area contributed by atoms with Gasteiger partial charge in [0.05, 0.1) is 23.0 Å². The van der Waals surface area contributed by atoms with Gasteiger partial charge in [-0.05, 0) is 73.3 Å². The maximum Gasteiger partial charge on any atom is 0.573 e. The molecule has 0 bridgehead atoms. The molecule has 3 aromatic carbocycles. The van der Waals surface area contributed by atoms with Crippen LogP contribution >= 0.6 is 23.5 Å². The van der Waals surface area contributed by atoms with Crippen LogP contribution in [0.5, 0.6) is 5.75 Å². The molecule has 0 spiro atoms. The smallest absolute Gasteiger partial charge is 0.406 e. The molecular weight excluding hydrogens is 622 g/mol. The number of halogens is 3. The fourth-order valence-electron chi connectivity index (χ4n) is 4.82. The van der Waals surface area contributed by atoms with Gasteiger partial charge in [-0.1, -0.05) is 61.5 Å². The van der Waals surface area contributed by atoms with E-state index in [-0.39, 0.29) is 11.7 Å². The number of amides is 1. The molecule has 2 heterocycles. The quantitative estimate of drug-likeness (QED) is 0.115. The number of alkyl halides is 3. The monoisotopic (exact) mass is 654 g/mol. The molecule has 1 fully saturated rings. The van der Waals surface area contributed by atoms with Crippen LogP contribution in [0.15, 0.2) is 84.1 Å². The minimum atomic E-state index is -4.74. The van der Waals surface area contributed by atoms with E-state index < -0.39 is 6.36 Å². The number of aliphatic imine (C=N–C) groups is 1. The summed E-state index contributed by atoms with van der Waals surface area (Å²) in [4.78, 5) is 23.5. The number of para-hydroxylation sites is 1. The molecule has 0 atom stereocenters. The van der Waals surface area contributed by atoms with E-state index in [0.717, 1.165) is 60.1 Å². The van der Waals surface area contributed by atoms with Gasteiger partial charge in [0.1, 0.15) is 12.1 Å². The number of carbonyl (C=O) groups is 1. The third kappa shape index (κ3) is 9.12. The first kappa shape index (κ1) is 32.6. The number of amidine groups is 1. The van der Waals surface area contributed by atoms with E-state index in [9.17, 15) is 18.0 Å². The van der Waals surface area contributed by atoms with Crippen molar-refractivity contribution >= 4 is 40.3 Å². The lowest BCUT2D eigenvalue weighted by molar-refractivity contribution is -0.274. The van der Waals surface area contributed by atoms with Crippen LogP contribution in [0.4, 0.5) is 18.9 Å². The largest absolute Gasteiger partial charge is 0.573 e. The van der Waals surface area contributed by atoms with Gasteiger partial charge in [-0.3, -0.25) is 14.7 Å². The number of ether oxygens (including phenoxy) is 1. The van der Waals surface area contributed by atoms with Crippen LogP contribution in [0.25, 0.3) is 17.1 Å². The average Bonchev–Trinajstić information content (AvgIpc) is 3.66. The van der Waals surface area contributed by atoms with Crippen molar-refractivity contribution in [3.05, 3.63) is 90.3 Å². The SMILES string of the molecule is CCCc1ccccc1N1C(=O)CSC1=NCSCNCCCc1cccc(-c2ncn(-c3ccc(OC(F)(F)F)cc3)n2)c1. The Labute approximate surface area is 268 Å². The second-order valence-electron chi connectivity index (χ2n) is 10.2. The fourth-order valence-corrected chi connectivity index (χ4v) is 6.36. The number of nitrogens with zero attached hydrogens (tertiary/aromatic N) is 5. The van der Waals surface area contributed by atoms with Gasteiger partial charge in [0.15, 0.2) is 11.0 Å². The maximum atomic E-state index is 12.6. The van der Waals surface area contributed by atoms with Crippen LogP contribution < -0.4 is 15.0 Å². The molecule has 236 valence electrons. The van der Waals surface area contributed by atoms with Crippen molar-refractivity contribution in [2.24, 2.45) is 4.99 Å². The van der Waals surface area contributed by atoms with E-state index in [1.54, 1.807) is 16.7 Å². The van der Waals surface area contributed by atoms with Crippen molar-refractivity contribution in [1.29, 1.82) is 0 Å². The molecule has 0 aliphatic carbocycles. The van der Waals surface area contributed by atoms with Crippen molar-refractivity contribution in [1.82, 2.24) is 20.1 Å². The molecule has 1 aliphatic heterocycles. The number of anilines is 1. The van der Waals surface area contributed by atoms with Gasteiger partial charge >= 0.3 is 6.36 Å². The molecule has 1 N–H and O–H groups in total. The lowest BCUT2D eigenvalue weighted by Crippen LogP contribution is -2.30. The van der Waals surface area contributed by atoms with Gasteiger partial charge in [-0.25, -0.2) is 9.67 Å². The number of nitrogens with one attached hydrogen (secondary N) is 1. The van der Waals surface area contributed by atoms with Crippen LogP contribution in [0.3, 0.4) is 0 Å². The van der Waals surface area contributed by atoms with E-state index in [0.29, 0.717) is 23.1 Å². The van der Waals surface area contributed by atoms with Crippen molar-refractivity contribution in [3.63, 3.8) is 0 Å². The Morgan fingerprint density at radius 1 is 1.07 bits per heavy atom. The van der Waals surface area contributed by atoms with Crippen molar-refractivity contribution in [3.8, 4) is 22.8 Å². The third-order valence-corrected chi connectivity index (χ3v) is 8.52. The highest BCUT2D eigenvalue weighted by molar-refractivity contribution is 8.15. The summed E-state index contributed by atoms with van der Waals surface area (Å²) in [6, 6.07) is 21.5. The standard InChI is InChI=1S/C32H33F3N6O2S2/c1-2-7-24-10-3-4-12-28(24)41-29(42)19-45-31(41)38-22-44-21-36-17-6-9-23-8-5-11-25(18-23)30-37-20-40(39-30)26-13-15-27(16-14-26)43-32(33,34)35/h3-5,8,10-16,18,20,36H,2,6-7,9,17,19,21-22H2,1H3. The summed E-state index contributed by atoms with van der Waals surface area (Å²) in [5, 5.41) is 8.71. The van der Waals surface area contributed by atoms with E-state index in [2.05, 4.69) is 45.3 Å². The maximum absolute atomic E-state index is 12.6. The highest BCUT2D eigenvalue weighted by atomic mass is 32.2. The molecule has 4 aromatic rings. The zero-order valence-corrected chi connectivity index (χ0v) is 26.3. The van der Waals surface area contributed by atoms with E-state index in [1.807, 2.05) is 30.3 Å². The minimum absolute atomic E-state index is 0.0757. The van der Waals surface area contributed by atoms with Crippen LogP contribution in [0.1, 0.15) is 30.9 Å². The number of carbonyl (C=O) groups excluding carboxylic acids is 1. The normalized spacial score (nSPS) is 14.4. The summed E-state index contributed by atoms with van der Waals surface area (Å²) in [5.74, 6) is 2.05. The van der Waals surface area contributed by atoms with Crippen molar-refractivity contribution < 1.29 is 22.7 Å². The summed E-state index contributed by atoms with van der Waals surface area (Å²) >= 11 is 3.17. The van der Waals surface area contributed by atoms with E-state index in [4.69, 9.17) is 4.99 Å². The highest BCUT2D eigenvalue weighted by Crippen LogP contribution is 2.30. The molecule has 0 unspecified atom stereocenters. The molecule has 0 radical (unpaired) electrons. The Balaban J connectivity index is 1.05. The molecule has 1 amide bonds. The Bertz CT molecular complexity index is 1610. The van der Waals surface area contributed by atoms with Gasteiger partial charge in [0, 0.05) is 11.4 Å². The predicted octanol–water partition coefficient (Wildman–Crippen LogP) is 7.09. The number of thioether (sulfide) groups is 2. The number of rotatable bonds is 14. The first-order valence-corrected chi connectivity index (χ1v) is 16.7. The van der Waals surface area contributed by atoms with Crippen molar-refractivity contribution in [2.45, 2.75) is 39.0 Å². The first-order chi connectivity index (χ1) is 21.8. The number of hydrogen-bond acceptors (Lipinski definition) is 8. The lowest BCUT2D eigenvalue weighted by Gasteiger charge is -2.19. The fraction of sp³-hybridized carbons (Fsp3) is 0.312. The van der Waals surface area contributed by atoms with Gasteiger partial charge in [-0.2, -0.15) is 0 Å². The van der Waals surface area contributed by atoms with Crippen LogP contribution in [0.2, 0.25) is 0 Å². The van der Waals surface area contributed by atoms with Gasteiger partial charge in [0.2, 0.25) is 5.91 Å². The predicted molar refractivity (Wildman–Crippen MR) is 175 cm³/mol.